The van der Waals surface area contributed by atoms with Gasteiger partial charge in [0.2, 0.25) is 10.0 Å². The molecule has 0 fully saturated rings. The van der Waals surface area contributed by atoms with Crippen molar-refractivity contribution < 1.29 is 13.2 Å². The minimum atomic E-state index is -3.75. The number of nitrogens with two attached hydrogens (primary N) is 1. The first kappa shape index (κ1) is 15.6. The molecule has 1 heterocycles. The molecular formula is C13H15N3O3S2. The lowest BCUT2D eigenvalue weighted by atomic mass is 10.2. The third kappa shape index (κ3) is 3.87. The van der Waals surface area contributed by atoms with Gasteiger partial charge in [-0.3, -0.25) is 10.1 Å². The Balaban J connectivity index is 2.13. The summed E-state index contributed by atoms with van der Waals surface area (Å²) in [5.41, 5.74) is 0.337. The van der Waals surface area contributed by atoms with Gasteiger partial charge in [0.05, 0.1) is 4.90 Å². The highest BCUT2D eigenvalue weighted by Gasteiger charge is 2.12. The second-order valence-electron chi connectivity index (χ2n) is 4.75. The fourth-order valence-electron chi connectivity index (χ4n) is 1.58. The molecule has 8 heteroatoms. The van der Waals surface area contributed by atoms with Crippen molar-refractivity contribution in [3.05, 3.63) is 40.9 Å². The Labute approximate surface area is 127 Å². The molecule has 0 bridgehead atoms. The molecule has 3 N–H and O–H groups in total. The van der Waals surface area contributed by atoms with E-state index in [1.165, 1.54) is 35.6 Å². The number of primary sulfonamides is 1. The number of anilines is 1. The molecule has 0 saturated carbocycles. The van der Waals surface area contributed by atoms with Crippen LogP contribution in [0.4, 0.5) is 5.13 Å². The van der Waals surface area contributed by atoms with E-state index in [-0.39, 0.29) is 10.8 Å². The summed E-state index contributed by atoms with van der Waals surface area (Å²) in [5.74, 6) is 0.00261. The van der Waals surface area contributed by atoms with Crippen molar-refractivity contribution in [1.82, 2.24) is 4.98 Å². The molecule has 2 aromatic rings. The van der Waals surface area contributed by atoms with E-state index >= 15 is 0 Å². The van der Waals surface area contributed by atoms with E-state index < -0.39 is 10.0 Å². The number of rotatable bonds is 4. The number of amides is 1. The fraction of sp³-hybridized carbons (Fsp3) is 0.231. The van der Waals surface area contributed by atoms with Crippen LogP contribution < -0.4 is 10.5 Å². The molecule has 0 unspecified atom stereocenters. The summed E-state index contributed by atoms with van der Waals surface area (Å²) in [6.07, 6.45) is 1.73. The number of aromatic nitrogens is 1. The van der Waals surface area contributed by atoms with E-state index in [2.05, 4.69) is 10.3 Å². The summed E-state index contributed by atoms with van der Waals surface area (Å²) >= 11 is 1.41. The lowest BCUT2D eigenvalue weighted by Gasteiger charge is -2.03. The third-order valence-corrected chi connectivity index (χ3v) is 4.90. The van der Waals surface area contributed by atoms with Gasteiger partial charge in [-0.05, 0) is 30.2 Å². The van der Waals surface area contributed by atoms with Gasteiger partial charge in [-0.15, -0.1) is 11.3 Å². The van der Waals surface area contributed by atoms with Crippen molar-refractivity contribution in [2.24, 2.45) is 5.14 Å². The highest BCUT2D eigenvalue weighted by molar-refractivity contribution is 7.89. The minimum absolute atomic E-state index is 0.0320. The van der Waals surface area contributed by atoms with Crippen molar-refractivity contribution in [3.63, 3.8) is 0 Å². The lowest BCUT2D eigenvalue weighted by Crippen LogP contribution is -2.14. The molecule has 0 radical (unpaired) electrons. The Morgan fingerprint density at radius 3 is 2.38 bits per heavy atom. The quantitative estimate of drug-likeness (QED) is 0.899. The van der Waals surface area contributed by atoms with Gasteiger partial charge >= 0.3 is 0 Å². The second-order valence-corrected chi connectivity index (χ2v) is 7.37. The number of benzene rings is 1. The first-order chi connectivity index (χ1) is 9.77. The Bertz CT molecular complexity index is 749. The minimum Gasteiger partial charge on any atom is -0.298 e. The number of thiazole rings is 1. The predicted molar refractivity (Wildman–Crippen MR) is 82.0 cm³/mol. The maximum absolute atomic E-state index is 12.0. The smallest absolute Gasteiger partial charge is 0.257 e. The SMILES string of the molecule is CC(C)c1cnc(NC(=O)c2ccc(S(N)(=O)=O)cc2)s1. The number of hydrogen-bond acceptors (Lipinski definition) is 5. The zero-order chi connectivity index (χ0) is 15.6. The van der Waals surface area contributed by atoms with Crippen LogP contribution in [0.2, 0.25) is 0 Å². The molecule has 21 heavy (non-hydrogen) atoms. The van der Waals surface area contributed by atoms with Crippen LogP contribution in [0.5, 0.6) is 0 Å². The highest BCUT2D eigenvalue weighted by Crippen LogP contribution is 2.25. The lowest BCUT2D eigenvalue weighted by molar-refractivity contribution is 0.102. The average molecular weight is 325 g/mol. The van der Waals surface area contributed by atoms with Gasteiger partial charge in [-0.25, -0.2) is 18.5 Å². The van der Waals surface area contributed by atoms with Crippen molar-refractivity contribution in [2.45, 2.75) is 24.7 Å². The standard InChI is InChI=1S/C13H15N3O3S2/c1-8(2)11-7-15-13(20-11)16-12(17)9-3-5-10(6-4-9)21(14,18)19/h3-8H,1-2H3,(H2,14,18,19)(H,15,16,17). The number of sulfonamides is 1. The Kier molecular flexibility index (Phi) is 4.40. The van der Waals surface area contributed by atoms with Crippen LogP contribution in [0, 0.1) is 0 Å². The molecule has 0 spiro atoms. The maximum Gasteiger partial charge on any atom is 0.257 e. The van der Waals surface area contributed by atoms with Gasteiger partial charge in [0, 0.05) is 16.6 Å². The van der Waals surface area contributed by atoms with E-state index in [9.17, 15) is 13.2 Å². The zero-order valence-electron chi connectivity index (χ0n) is 11.5. The summed E-state index contributed by atoms with van der Waals surface area (Å²) in [6, 6.07) is 5.41. The number of carbonyl (C=O) groups is 1. The largest absolute Gasteiger partial charge is 0.298 e. The van der Waals surface area contributed by atoms with Gasteiger partial charge in [-0.1, -0.05) is 13.8 Å². The van der Waals surface area contributed by atoms with Crippen LogP contribution in [0.3, 0.4) is 0 Å². The van der Waals surface area contributed by atoms with Gasteiger partial charge < -0.3 is 0 Å². The van der Waals surface area contributed by atoms with Gasteiger partial charge in [0.1, 0.15) is 0 Å². The molecule has 0 saturated heterocycles. The number of hydrogen-bond donors (Lipinski definition) is 2. The molecule has 0 aliphatic heterocycles. The van der Waals surface area contributed by atoms with Crippen LogP contribution in [0.15, 0.2) is 35.4 Å². The van der Waals surface area contributed by atoms with E-state index in [1.807, 2.05) is 13.8 Å². The molecule has 6 nitrogen and oxygen atoms in total. The molecule has 0 atom stereocenters. The number of carbonyl (C=O) groups excluding carboxylic acids is 1. The summed E-state index contributed by atoms with van der Waals surface area (Å²) in [4.78, 5) is 17.2. The predicted octanol–water partition coefficient (Wildman–Crippen LogP) is 2.17. The summed E-state index contributed by atoms with van der Waals surface area (Å²) in [5, 5.41) is 8.19. The monoisotopic (exact) mass is 325 g/mol. The average Bonchev–Trinajstić information content (AvgIpc) is 2.86. The van der Waals surface area contributed by atoms with Crippen molar-refractivity contribution in [2.75, 3.05) is 5.32 Å². The van der Waals surface area contributed by atoms with E-state index in [4.69, 9.17) is 5.14 Å². The molecule has 2 rings (SSSR count). The van der Waals surface area contributed by atoms with Gasteiger partial charge in [0.15, 0.2) is 5.13 Å². The third-order valence-electron chi connectivity index (χ3n) is 2.76. The Hall–Kier alpha value is -1.77. The molecule has 1 aromatic heterocycles. The van der Waals surface area contributed by atoms with Crippen molar-refractivity contribution in [3.8, 4) is 0 Å². The van der Waals surface area contributed by atoms with E-state index in [1.54, 1.807) is 6.20 Å². The fourth-order valence-corrected chi connectivity index (χ4v) is 2.91. The van der Waals surface area contributed by atoms with Crippen LogP contribution in [0.1, 0.15) is 35.0 Å². The molecule has 112 valence electrons. The summed E-state index contributed by atoms with van der Waals surface area (Å²) in [6.45, 7) is 4.09. The van der Waals surface area contributed by atoms with E-state index in [0.717, 1.165) is 4.88 Å². The maximum atomic E-state index is 12.0. The second kappa shape index (κ2) is 5.92. The van der Waals surface area contributed by atoms with Crippen molar-refractivity contribution >= 4 is 32.4 Å². The van der Waals surface area contributed by atoms with Gasteiger partial charge in [0.25, 0.3) is 5.91 Å². The molecular weight excluding hydrogens is 310 g/mol. The Morgan fingerprint density at radius 2 is 1.90 bits per heavy atom. The Morgan fingerprint density at radius 1 is 1.29 bits per heavy atom. The first-order valence-corrected chi connectivity index (χ1v) is 8.53. The van der Waals surface area contributed by atoms with Crippen LogP contribution in [0.25, 0.3) is 0 Å². The van der Waals surface area contributed by atoms with E-state index in [0.29, 0.717) is 16.6 Å². The summed E-state index contributed by atoms with van der Waals surface area (Å²) in [7, 11) is -3.75. The normalized spacial score (nSPS) is 11.6. The van der Waals surface area contributed by atoms with Crippen molar-refractivity contribution in [1.29, 1.82) is 0 Å². The number of nitrogens with zero attached hydrogens (tertiary/aromatic N) is 1. The summed E-state index contributed by atoms with van der Waals surface area (Å²) < 4.78 is 22.3. The molecule has 1 aromatic carbocycles. The molecule has 0 aliphatic carbocycles. The molecule has 0 aliphatic rings. The molecule has 1 amide bonds. The number of nitrogens with one attached hydrogen (secondary N) is 1. The van der Waals surface area contributed by atoms with Crippen LogP contribution in [-0.2, 0) is 10.0 Å². The van der Waals surface area contributed by atoms with Crippen LogP contribution >= 0.6 is 11.3 Å². The van der Waals surface area contributed by atoms with Crippen LogP contribution in [-0.4, -0.2) is 19.3 Å². The highest BCUT2D eigenvalue weighted by atomic mass is 32.2. The zero-order valence-corrected chi connectivity index (χ0v) is 13.2. The van der Waals surface area contributed by atoms with Gasteiger partial charge in [-0.2, -0.15) is 0 Å². The first-order valence-electron chi connectivity index (χ1n) is 6.17. The topological polar surface area (TPSA) is 102 Å².